The summed E-state index contributed by atoms with van der Waals surface area (Å²) >= 11 is 0. The normalized spacial score (nSPS) is 12.5. The predicted octanol–water partition coefficient (Wildman–Crippen LogP) is 17.3. The van der Waals surface area contributed by atoms with Crippen molar-refractivity contribution < 1.29 is 28.6 Å². The molecule has 6 heteroatoms. The second-order valence-electron chi connectivity index (χ2n) is 17.5. The van der Waals surface area contributed by atoms with E-state index in [1.165, 1.54) is 122 Å². The summed E-state index contributed by atoms with van der Waals surface area (Å²) in [4.78, 5) is 38.0. The number of carbonyl (C=O) groups is 3. The average molecular weight is 867 g/mol. The molecule has 0 spiro atoms. The molecule has 0 aromatic heterocycles. The highest BCUT2D eigenvalue weighted by molar-refractivity contribution is 5.71. The second kappa shape index (κ2) is 50.8. The first kappa shape index (κ1) is 59.1. The zero-order valence-electron chi connectivity index (χ0n) is 40.9. The minimum atomic E-state index is -0.789. The number of esters is 3. The molecule has 0 radical (unpaired) electrons. The molecular formula is C56H98O6. The van der Waals surface area contributed by atoms with Gasteiger partial charge in [0.25, 0.3) is 0 Å². The van der Waals surface area contributed by atoms with Crippen LogP contribution in [-0.2, 0) is 28.6 Å². The van der Waals surface area contributed by atoms with Crippen LogP contribution in [0.2, 0.25) is 0 Å². The molecular weight excluding hydrogens is 769 g/mol. The van der Waals surface area contributed by atoms with Crippen molar-refractivity contribution in [2.45, 2.75) is 264 Å². The Labute approximate surface area is 383 Å². The molecule has 0 aromatic carbocycles. The van der Waals surface area contributed by atoms with Crippen LogP contribution in [0.3, 0.4) is 0 Å². The van der Waals surface area contributed by atoms with Crippen LogP contribution < -0.4 is 0 Å². The van der Waals surface area contributed by atoms with Gasteiger partial charge < -0.3 is 14.2 Å². The fourth-order valence-electron chi connectivity index (χ4n) is 7.33. The first-order chi connectivity index (χ1) is 30.5. The van der Waals surface area contributed by atoms with Crippen molar-refractivity contribution in [1.29, 1.82) is 0 Å². The lowest BCUT2D eigenvalue weighted by atomic mass is 10.0. The van der Waals surface area contributed by atoms with Gasteiger partial charge in [0.2, 0.25) is 0 Å². The molecule has 0 rings (SSSR count). The first-order valence-corrected chi connectivity index (χ1v) is 26.3. The van der Waals surface area contributed by atoms with Crippen molar-refractivity contribution in [3.05, 3.63) is 60.8 Å². The summed E-state index contributed by atoms with van der Waals surface area (Å²) in [7, 11) is 0. The van der Waals surface area contributed by atoms with E-state index in [9.17, 15) is 14.4 Å². The van der Waals surface area contributed by atoms with E-state index in [2.05, 4.69) is 81.5 Å². The van der Waals surface area contributed by atoms with Crippen molar-refractivity contribution in [3.8, 4) is 0 Å². The first-order valence-electron chi connectivity index (χ1n) is 26.3. The quantitative estimate of drug-likeness (QED) is 0.0199. The molecule has 0 saturated heterocycles. The molecule has 0 heterocycles. The van der Waals surface area contributed by atoms with Gasteiger partial charge in [0.1, 0.15) is 13.2 Å². The number of ether oxygens (including phenoxy) is 3. The minimum Gasteiger partial charge on any atom is -0.462 e. The molecule has 0 N–H and O–H groups in total. The zero-order valence-corrected chi connectivity index (χ0v) is 40.9. The average Bonchev–Trinajstić information content (AvgIpc) is 3.27. The van der Waals surface area contributed by atoms with Gasteiger partial charge in [-0.3, -0.25) is 14.4 Å². The topological polar surface area (TPSA) is 78.9 Å². The number of unbranched alkanes of at least 4 members (excludes halogenated alkanes) is 29. The number of carbonyl (C=O) groups excluding carboxylic acids is 3. The van der Waals surface area contributed by atoms with Gasteiger partial charge >= 0.3 is 17.9 Å². The highest BCUT2D eigenvalue weighted by atomic mass is 16.6. The van der Waals surface area contributed by atoms with Crippen LogP contribution in [0, 0.1) is 0 Å². The second-order valence-corrected chi connectivity index (χ2v) is 17.5. The Morgan fingerprint density at radius 1 is 0.323 bits per heavy atom. The summed E-state index contributed by atoms with van der Waals surface area (Å²) in [6.07, 6.45) is 62.0. The maximum atomic E-state index is 12.8. The fraction of sp³-hybridized carbons (Fsp3) is 0.768. The SMILES string of the molecule is CCCCC\C=C/C=C\C=C/C=C\CCCCCCCC(=O)OCC(COC(=O)CCCCCCCCCCCCCC)OC(=O)CCCCC/C=C\CCCCCCCCC. The molecule has 0 aliphatic heterocycles. The molecule has 0 saturated carbocycles. The summed E-state index contributed by atoms with van der Waals surface area (Å²) in [6.45, 7) is 6.57. The number of hydrogen-bond donors (Lipinski definition) is 0. The lowest BCUT2D eigenvalue weighted by Crippen LogP contribution is -2.30. The molecule has 0 aliphatic carbocycles. The van der Waals surface area contributed by atoms with E-state index in [1.54, 1.807) is 0 Å². The number of hydrogen-bond acceptors (Lipinski definition) is 6. The van der Waals surface area contributed by atoms with Crippen LogP contribution in [0.5, 0.6) is 0 Å². The Morgan fingerprint density at radius 3 is 1.00 bits per heavy atom. The van der Waals surface area contributed by atoms with Crippen LogP contribution in [0.15, 0.2) is 60.8 Å². The molecule has 1 unspecified atom stereocenters. The van der Waals surface area contributed by atoms with Gasteiger partial charge in [-0.25, -0.2) is 0 Å². The maximum absolute atomic E-state index is 12.8. The van der Waals surface area contributed by atoms with E-state index in [-0.39, 0.29) is 31.1 Å². The van der Waals surface area contributed by atoms with E-state index in [1.807, 2.05) is 0 Å². The monoisotopic (exact) mass is 867 g/mol. The van der Waals surface area contributed by atoms with Crippen LogP contribution in [0.1, 0.15) is 258 Å². The molecule has 0 bridgehead atoms. The summed E-state index contributed by atoms with van der Waals surface area (Å²) in [6, 6.07) is 0. The van der Waals surface area contributed by atoms with Crippen molar-refractivity contribution in [1.82, 2.24) is 0 Å². The van der Waals surface area contributed by atoms with Crippen molar-refractivity contribution in [2.75, 3.05) is 13.2 Å². The van der Waals surface area contributed by atoms with Gasteiger partial charge in [-0.15, -0.1) is 0 Å². The van der Waals surface area contributed by atoms with Crippen LogP contribution >= 0.6 is 0 Å². The van der Waals surface area contributed by atoms with Crippen LogP contribution in [0.25, 0.3) is 0 Å². The van der Waals surface area contributed by atoms with Crippen LogP contribution in [0.4, 0.5) is 0 Å². The molecule has 1 atom stereocenters. The Morgan fingerprint density at radius 2 is 0.597 bits per heavy atom. The molecule has 0 fully saturated rings. The van der Waals surface area contributed by atoms with E-state index in [0.717, 1.165) is 96.3 Å². The minimum absolute atomic E-state index is 0.0862. The smallest absolute Gasteiger partial charge is 0.306 e. The van der Waals surface area contributed by atoms with E-state index < -0.39 is 6.10 Å². The number of rotatable bonds is 47. The van der Waals surface area contributed by atoms with Gasteiger partial charge in [-0.1, -0.05) is 229 Å². The third-order valence-corrected chi connectivity index (χ3v) is 11.3. The molecule has 6 nitrogen and oxygen atoms in total. The highest BCUT2D eigenvalue weighted by Crippen LogP contribution is 2.15. The fourth-order valence-corrected chi connectivity index (χ4v) is 7.33. The van der Waals surface area contributed by atoms with Crippen LogP contribution in [-0.4, -0.2) is 37.2 Å². The van der Waals surface area contributed by atoms with Gasteiger partial charge in [-0.05, 0) is 70.6 Å². The van der Waals surface area contributed by atoms with Crippen molar-refractivity contribution in [3.63, 3.8) is 0 Å². The molecule has 0 aliphatic rings. The van der Waals surface area contributed by atoms with E-state index in [0.29, 0.717) is 19.3 Å². The predicted molar refractivity (Wildman–Crippen MR) is 265 cm³/mol. The summed E-state index contributed by atoms with van der Waals surface area (Å²) in [5.41, 5.74) is 0. The molecule has 62 heavy (non-hydrogen) atoms. The lowest BCUT2D eigenvalue weighted by Gasteiger charge is -2.18. The Hall–Kier alpha value is -2.89. The lowest BCUT2D eigenvalue weighted by molar-refractivity contribution is -0.167. The standard InChI is InChI=1S/C56H98O6/c1-4-7-10-13-16-19-22-25-27-28-29-30-32-34-37-40-43-46-49-55(58)61-52-53(51-60-54(57)48-45-42-39-36-33-24-21-18-15-12-9-6-3)62-56(59)50-47-44-41-38-35-31-26-23-20-17-14-11-8-5-2/h16,19,22,25,27-31,35,53H,4-15,17-18,20-21,23-24,26,32-34,36-52H2,1-3H3/b19-16-,25-22-,28-27-,30-29-,35-31-. The van der Waals surface area contributed by atoms with Gasteiger partial charge in [0.05, 0.1) is 0 Å². The van der Waals surface area contributed by atoms with Gasteiger partial charge in [0, 0.05) is 19.3 Å². The zero-order chi connectivity index (χ0) is 45.1. The summed E-state index contributed by atoms with van der Waals surface area (Å²) in [5.74, 6) is -0.920. The molecule has 0 aromatic rings. The Bertz CT molecular complexity index is 1130. The van der Waals surface area contributed by atoms with Crippen molar-refractivity contribution >= 4 is 17.9 Å². The third-order valence-electron chi connectivity index (χ3n) is 11.3. The third kappa shape index (κ3) is 48.1. The maximum Gasteiger partial charge on any atom is 0.306 e. The summed E-state index contributed by atoms with van der Waals surface area (Å²) in [5, 5.41) is 0. The summed E-state index contributed by atoms with van der Waals surface area (Å²) < 4.78 is 16.8. The van der Waals surface area contributed by atoms with Crippen molar-refractivity contribution in [2.24, 2.45) is 0 Å². The van der Waals surface area contributed by atoms with Gasteiger partial charge in [0.15, 0.2) is 6.10 Å². The largest absolute Gasteiger partial charge is 0.462 e. The Balaban J connectivity index is 4.43. The Kier molecular flexibility index (Phi) is 48.4. The van der Waals surface area contributed by atoms with Gasteiger partial charge in [-0.2, -0.15) is 0 Å². The molecule has 358 valence electrons. The van der Waals surface area contributed by atoms with E-state index in [4.69, 9.17) is 14.2 Å². The van der Waals surface area contributed by atoms with E-state index >= 15 is 0 Å². The highest BCUT2D eigenvalue weighted by Gasteiger charge is 2.19. The number of allylic oxidation sites excluding steroid dienone is 10. The molecule has 0 amide bonds.